The molecule has 1 heterocycles. The fraction of sp³-hybridized carbons (Fsp3) is 0.333. The maximum absolute atomic E-state index is 14.7. The molecular weight excluding hydrogens is 543 g/mol. The van der Waals surface area contributed by atoms with Crippen LogP contribution in [0.3, 0.4) is 0 Å². The van der Waals surface area contributed by atoms with E-state index in [1.54, 1.807) is 18.2 Å². The monoisotopic (exact) mass is 565 g/mol. The fourth-order valence-electron chi connectivity index (χ4n) is 2.85. The normalized spacial score (nSPS) is 13.7. The molecule has 0 aliphatic heterocycles. The number of nitrogens with two attached hydrogens (primary N) is 1. The molecule has 0 saturated heterocycles. The van der Waals surface area contributed by atoms with Gasteiger partial charge in [0.05, 0.1) is 28.3 Å². The van der Waals surface area contributed by atoms with Crippen LogP contribution in [0.2, 0.25) is 10.0 Å². The minimum absolute atomic E-state index is 0.0253. The molecule has 3 rings (SSSR count). The molecule has 2 aromatic carbocycles. The Balaban J connectivity index is 1.75. The standard InChI is InChI=1S/C21H23Cl2FN3O6PS/c1-10(2)32-18-5-4-12(6-15(18)23)20-26-27-21(35-20)13-7-16(24)19(8-14(13)22)31-9-17(25)11(3)33-34(28,29)30/h4-8,10-11,17H,9,25H2,1-3H3,(H2,28,29,30)/t11-,17-/m0/s1. The second-order valence-electron chi connectivity index (χ2n) is 7.76. The molecule has 0 radical (unpaired) electrons. The first-order valence-electron chi connectivity index (χ1n) is 10.3. The predicted octanol–water partition coefficient (Wildman–Crippen LogP) is 5.31. The van der Waals surface area contributed by atoms with Gasteiger partial charge < -0.3 is 25.0 Å². The average molecular weight is 566 g/mol. The molecule has 0 aliphatic carbocycles. The van der Waals surface area contributed by atoms with Gasteiger partial charge in [-0.2, -0.15) is 0 Å². The van der Waals surface area contributed by atoms with E-state index in [0.717, 1.165) is 6.07 Å². The Kier molecular flexibility index (Phi) is 9.11. The van der Waals surface area contributed by atoms with E-state index in [4.69, 9.17) is 48.2 Å². The van der Waals surface area contributed by atoms with E-state index in [-0.39, 0.29) is 23.5 Å². The van der Waals surface area contributed by atoms with Gasteiger partial charge in [-0.25, -0.2) is 8.96 Å². The highest BCUT2D eigenvalue weighted by molar-refractivity contribution is 7.46. The fourth-order valence-corrected chi connectivity index (χ4v) is 4.84. The van der Waals surface area contributed by atoms with Crippen molar-refractivity contribution < 1.29 is 32.7 Å². The van der Waals surface area contributed by atoms with Crippen molar-refractivity contribution in [1.82, 2.24) is 10.2 Å². The smallest absolute Gasteiger partial charge is 0.469 e. The van der Waals surface area contributed by atoms with Crippen LogP contribution in [0.25, 0.3) is 21.1 Å². The molecule has 0 saturated carbocycles. The third-order valence-corrected chi connectivity index (χ3v) is 6.78. The zero-order valence-corrected chi connectivity index (χ0v) is 22.0. The van der Waals surface area contributed by atoms with E-state index in [0.29, 0.717) is 31.9 Å². The first-order valence-corrected chi connectivity index (χ1v) is 13.4. The van der Waals surface area contributed by atoms with Crippen LogP contribution in [-0.4, -0.2) is 44.8 Å². The lowest BCUT2D eigenvalue weighted by molar-refractivity contribution is 0.106. The lowest BCUT2D eigenvalue weighted by Gasteiger charge is -2.21. The predicted molar refractivity (Wildman–Crippen MR) is 133 cm³/mol. The van der Waals surface area contributed by atoms with Crippen molar-refractivity contribution >= 4 is 42.4 Å². The van der Waals surface area contributed by atoms with Crippen LogP contribution in [-0.2, 0) is 9.09 Å². The van der Waals surface area contributed by atoms with Crippen LogP contribution < -0.4 is 15.2 Å². The Morgan fingerprint density at radius 1 is 1.09 bits per heavy atom. The third kappa shape index (κ3) is 7.58. The maximum atomic E-state index is 14.7. The molecular formula is C21H23Cl2FN3O6PS. The Hall–Kier alpha value is -1.82. The highest BCUT2D eigenvalue weighted by Crippen LogP contribution is 2.39. The zero-order chi connectivity index (χ0) is 25.9. The zero-order valence-electron chi connectivity index (χ0n) is 18.8. The highest BCUT2D eigenvalue weighted by Gasteiger charge is 2.25. The van der Waals surface area contributed by atoms with Crippen molar-refractivity contribution in [2.45, 2.75) is 39.0 Å². The summed E-state index contributed by atoms with van der Waals surface area (Å²) in [7, 11) is -4.72. The number of hydrogen-bond donors (Lipinski definition) is 3. The number of rotatable bonds is 10. The van der Waals surface area contributed by atoms with Gasteiger partial charge in [-0.3, -0.25) is 4.52 Å². The second-order valence-corrected chi connectivity index (χ2v) is 10.7. The molecule has 4 N–H and O–H groups in total. The molecule has 0 spiro atoms. The van der Waals surface area contributed by atoms with E-state index in [9.17, 15) is 8.96 Å². The van der Waals surface area contributed by atoms with Gasteiger partial charge in [0.1, 0.15) is 22.4 Å². The van der Waals surface area contributed by atoms with Crippen molar-refractivity contribution in [3.8, 4) is 32.6 Å². The van der Waals surface area contributed by atoms with E-state index in [2.05, 4.69) is 14.7 Å². The summed E-state index contributed by atoms with van der Waals surface area (Å²) in [5.41, 5.74) is 6.83. The molecule has 0 aliphatic rings. The summed E-state index contributed by atoms with van der Waals surface area (Å²) in [6, 6.07) is 6.75. The van der Waals surface area contributed by atoms with Crippen LogP contribution >= 0.6 is 42.4 Å². The highest BCUT2D eigenvalue weighted by atomic mass is 35.5. The van der Waals surface area contributed by atoms with Crippen molar-refractivity contribution in [2.24, 2.45) is 5.73 Å². The van der Waals surface area contributed by atoms with Crippen molar-refractivity contribution in [3.63, 3.8) is 0 Å². The number of aromatic nitrogens is 2. The molecule has 1 aromatic heterocycles. The second kappa shape index (κ2) is 11.5. The van der Waals surface area contributed by atoms with Crippen LogP contribution in [0.15, 0.2) is 30.3 Å². The third-order valence-electron chi connectivity index (χ3n) is 4.56. The molecule has 3 aromatic rings. The van der Waals surface area contributed by atoms with Gasteiger partial charge >= 0.3 is 7.82 Å². The van der Waals surface area contributed by atoms with E-state index >= 15 is 0 Å². The van der Waals surface area contributed by atoms with Gasteiger partial charge in [0.15, 0.2) is 11.6 Å². The molecule has 14 heteroatoms. The summed E-state index contributed by atoms with van der Waals surface area (Å²) in [5.74, 6) is -0.358. The molecule has 190 valence electrons. The topological polar surface area (TPSA) is 137 Å². The molecule has 0 amide bonds. The van der Waals surface area contributed by atoms with Crippen molar-refractivity contribution in [1.29, 1.82) is 0 Å². The summed E-state index contributed by atoms with van der Waals surface area (Å²) in [5, 5.41) is 9.81. The van der Waals surface area contributed by atoms with Gasteiger partial charge in [-0.1, -0.05) is 34.5 Å². The van der Waals surface area contributed by atoms with Gasteiger partial charge in [0.25, 0.3) is 0 Å². The number of halogens is 3. The molecule has 0 fully saturated rings. The minimum Gasteiger partial charge on any atom is -0.489 e. The number of hydrogen-bond acceptors (Lipinski definition) is 8. The number of phosphoric ester groups is 1. The summed E-state index contributed by atoms with van der Waals surface area (Å²) < 4.78 is 41.1. The number of nitrogens with zero attached hydrogens (tertiary/aromatic N) is 2. The Bertz CT molecular complexity index is 1240. The lowest BCUT2D eigenvalue weighted by Crippen LogP contribution is -2.39. The molecule has 9 nitrogen and oxygen atoms in total. The van der Waals surface area contributed by atoms with E-state index < -0.39 is 25.8 Å². The Labute approximate surface area is 215 Å². The van der Waals surface area contributed by atoms with Crippen LogP contribution in [0, 0.1) is 5.82 Å². The van der Waals surface area contributed by atoms with Gasteiger partial charge in [0, 0.05) is 17.2 Å². The lowest BCUT2D eigenvalue weighted by atomic mass is 10.2. The molecule has 0 unspecified atom stereocenters. The molecule has 2 atom stereocenters. The van der Waals surface area contributed by atoms with E-state index in [1.807, 2.05) is 13.8 Å². The van der Waals surface area contributed by atoms with Gasteiger partial charge in [-0.05, 0) is 45.0 Å². The molecule has 35 heavy (non-hydrogen) atoms. The number of benzene rings is 2. The Morgan fingerprint density at radius 3 is 2.40 bits per heavy atom. The van der Waals surface area contributed by atoms with Crippen LogP contribution in [0.1, 0.15) is 20.8 Å². The molecule has 0 bridgehead atoms. The summed E-state index contributed by atoms with van der Waals surface area (Å²) in [6.07, 6.45) is -1.06. The summed E-state index contributed by atoms with van der Waals surface area (Å²) in [6.45, 7) is 4.89. The largest absolute Gasteiger partial charge is 0.489 e. The maximum Gasteiger partial charge on any atom is 0.469 e. The summed E-state index contributed by atoms with van der Waals surface area (Å²) >= 11 is 13.9. The first-order chi connectivity index (χ1) is 16.3. The average Bonchev–Trinajstić information content (AvgIpc) is 3.23. The number of ether oxygens (including phenoxy) is 2. The van der Waals surface area contributed by atoms with Crippen LogP contribution in [0.4, 0.5) is 4.39 Å². The van der Waals surface area contributed by atoms with Crippen molar-refractivity contribution in [3.05, 3.63) is 46.2 Å². The van der Waals surface area contributed by atoms with Crippen LogP contribution in [0.5, 0.6) is 11.5 Å². The van der Waals surface area contributed by atoms with Gasteiger partial charge in [-0.15, -0.1) is 10.2 Å². The number of phosphoric acid groups is 1. The SMILES string of the molecule is CC(C)Oc1ccc(-c2nnc(-c3cc(F)c(OC[C@H](N)[C@H](C)OP(=O)(O)O)cc3Cl)s2)cc1Cl. The first kappa shape index (κ1) is 27.8. The quantitative estimate of drug-likeness (QED) is 0.279. The minimum atomic E-state index is -4.72. The van der Waals surface area contributed by atoms with E-state index in [1.165, 1.54) is 24.3 Å². The van der Waals surface area contributed by atoms with Crippen molar-refractivity contribution in [2.75, 3.05) is 6.61 Å². The summed E-state index contributed by atoms with van der Waals surface area (Å²) in [4.78, 5) is 17.7. The van der Waals surface area contributed by atoms with Gasteiger partial charge in [0.2, 0.25) is 0 Å². The Morgan fingerprint density at radius 2 is 1.77 bits per heavy atom.